The second-order valence-electron chi connectivity index (χ2n) is 6.58. The molecule has 0 spiro atoms. The highest BCUT2D eigenvalue weighted by Gasteiger charge is 2.25. The normalized spacial score (nSPS) is 11.9. The van der Waals surface area contributed by atoms with E-state index in [9.17, 15) is 4.79 Å². The molecular formula is C22H20N4O2S. The summed E-state index contributed by atoms with van der Waals surface area (Å²) in [6.45, 7) is 2.52. The van der Waals surface area contributed by atoms with Gasteiger partial charge in [0.2, 0.25) is 5.91 Å². The lowest BCUT2D eigenvalue weighted by Crippen LogP contribution is -2.19. The monoisotopic (exact) mass is 404 g/mol. The molecule has 2 aromatic carbocycles. The maximum Gasteiger partial charge on any atom is 0.242 e. The number of aryl methyl sites for hydroxylation is 1. The Kier molecular flexibility index (Phi) is 5.76. The van der Waals surface area contributed by atoms with E-state index in [1.54, 1.807) is 12.6 Å². The van der Waals surface area contributed by atoms with E-state index in [-0.39, 0.29) is 5.91 Å². The largest absolute Gasteiger partial charge is 0.467 e. The summed E-state index contributed by atoms with van der Waals surface area (Å²) in [7, 11) is 0. The fourth-order valence-corrected chi connectivity index (χ4v) is 3.88. The molecule has 4 aromatic rings. The topological polar surface area (TPSA) is 73.0 Å². The number of carbonyl (C=O) groups is 1. The van der Waals surface area contributed by atoms with Crippen molar-refractivity contribution in [3.05, 3.63) is 96.2 Å². The standard InChI is InChI=1S/C22H20N4O2S/c1-16-9-11-18(12-10-16)24-21(27)20(17-6-3-2-4-7-17)29-22-25-23-15-26(22)14-19-8-5-13-28-19/h2-13,15,20H,14H2,1H3,(H,24,27). The molecule has 1 atom stereocenters. The Bertz CT molecular complexity index is 1060. The number of nitrogens with zero attached hydrogens (tertiary/aromatic N) is 3. The van der Waals surface area contributed by atoms with Gasteiger partial charge in [-0.25, -0.2) is 0 Å². The molecule has 0 radical (unpaired) electrons. The molecule has 0 fully saturated rings. The van der Waals surface area contributed by atoms with Crippen LogP contribution in [0.5, 0.6) is 0 Å². The van der Waals surface area contributed by atoms with Gasteiger partial charge < -0.3 is 14.3 Å². The van der Waals surface area contributed by atoms with Crippen LogP contribution in [0.25, 0.3) is 0 Å². The molecule has 0 saturated heterocycles. The van der Waals surface area contributed by atoms with Crippen molar-refractivity contribution in [1.29, 1.82) is 0 Å². The first-order valence-corrected chi connectivity index (χ1v) is 10.1. The summed E-state index contributed by atoms with van der Waals surface area (Å²) >= 11 is 1.36. The minimum absolute atomic E-state index is 0.113. The molecule has 0 aliphatic carbocycles. The second-order valence-corrected chi connectivity index (χ2v) is 7.66. The van der Waals surface area contributed by atoms with Crippen LogP contribution in [0.1, 0.15) is 22.1 Å². The van der Waals surface area contributed by atoms with Crippen LogP contribution >= 0.6 is 11.8 Å². The van der Waals surface area contributed by atoms with Gasteiger partial charge in [0.05, 0.1) is 12.8 Å². The molecule has 1 unspecified atom stereocenters. The molecule has 29 heavy (non-hydrogen) atoms. The van der Waals surface area contributed by atoms with Gasteiger partial charge in [-0.1, -0.05) is 59.8 Å². The van der Waals surface area contributed by atoms with E-state index < -0.39 is 5.25 Å². The number of nitrogens with one attached hydrogen (secondary N) is 1. The number of rotatable bonds is 7. The van der Waals surface area contributed by atoms with Crippen molar-refractivity contribution in [2.24, 2.45) is 0 Å². The van der Waals surface area contributed by atoms with Gasteiger partial charge in [-0.05, 0) is 36.8 Å². The number of anilines is 1. The van der Waals surface area contributed by atoms with Crippen molar-refractivity contribution in [3.63, 3.8) is 0 Å². The zero-order valence-corrected chi connectivity index (χ0v) is 16.7. The van der Waals surface area contributed by atoms with E-state index in [0.29, 0.717) is 11.7 Å². The number of hydrogen-bond donors (Lipinski definition) is 1. The zero-order chi connectivity index (χ0) is 20.1. The summed E-state index contributed by atoms with van der Waals surface area (Å²) in [5.74, 6) is 0.685. The Balaban J connectivity index is 1.58. The Labute approximate surface area is 173 Å². The fraction of sp³-hybridized carbons (Fsp3) is 0.136. The van der Waals surface area contributed by atoms with Crippen LogP contribution in [0.2, 0.25) is 0 Å². The van der Waals surface area contributed by atoms with Gasteiger partial charge >= 0.3 is 0 Å². The van der Waals surface area contributed by atoms with Crippen molar-refractivity contribution >= 4 is 23.4 Å². The van der Waals surface area contributed by atoms with Crippen molar-refractivity contribution in [3.8, 4) is 0 Å². The lowest BCUT2D eigenvalue weighted by atomic mass is 10.1. The number of benzene rings is 2. The Hall–Kier alpha value is -3.32. The number of thioether (sulfide) groups is 1. The van der Waals surface area contributed by atoms with Crippen LogP contribution in [0, 0.1) is 6.92 Å². The number of furan rings is 1. The van der Waals surface area contributed by atoms with E-state index in [0.717, 1.165) is 22.6 Å². The average molecular weight is 404 g/mol. The summed E-state index contributed by atoms with van der Waals surface area (Å²) in [5.41, 5.74) is 2.80. The van der Waals surface area contributed by atoms with Gasteiger partial charge in [0, 0.05) is 5.69 Å². The Morgan fingerprint density at radius 3 is 2.62 bits per heavy atom. The van der Waals surface area contributed by atoms with Gasteiger partial charge in [-0.15, -0.1) is 10.2 Å². The summed E-state index contributed by atoms with van der Waals surface area (Å²) in [5, 5.41) is 11.4. The maximum absolute atomic E-state index is 13.1. The van der Waals surface area contributed by atoms with E-state index in [4.69, 9.17) is 4.42 Å². The van der Waals surface area contributed by atoms with Crippen LogP contribution in [-0.2, 0) is 11.3 Å². The van der Waals surface area contributed by atoms with Crippen LogP contribution in [0.15, 0.2) is 88.9 Å². The molecule has 146 valence electrons. The van der Waals surface area contributed by atoms with Crippen molar-refractivity contribution in [2.45, 2.75) is 23.9 Å². The molecule has 7 heteroatoms. The fourth-order valence-electron chi connectivity index (χ4n) is 2.87. The first kappa shape index (κ1) is 19.0. The third-order valence-corrected chi connectivity index (χ3v) is 5.62. The third-order valence-electron chi connectivity index (χ3n) is 4.37. The van der Waals surface area contributed by atoms with Gasteiger partial charge in [-0.2, -0.15) is 0 Å². The average Bonchev–Trinajstić information content (AvgIpc) is 3.41. The van der Waals surface area contributed by atoms with E-state index >= 15 is 0 Å². The molecule has 2 aromatic heterocycles. The number of carbonyl (C=O) groups excluding carboxylic acids is 1. The number of hydrogen-bond acceptors (Lipinski definition) is 5. The molecule has 1 N–H and O–H groups in total. The highest BCUT2D eigenvalue weighted by atomic mass is 32.2. The lowest BCUT2D eigenvalue weighted by Gasteiger charge is -2.17. The Morgan fingerprint density at radius 2 is 1.90 bits per heavy atom. The van der Waals surface area contributed by atoms with Crippen LogP contribution < -0.4 is 5.32 Å². The highest BCUT2D eigenvalue weighted by molar-refractivity contribution is 8.00. The Morgan fingerprint density at radius 1 is 1.10 bits per heavy atom. The molecule has 0 bridgehead atoms. The molecular weight excluding hydrogens is 384 g/mol. The molecule has 0 aliphatic rings. The first-order valence-electron chi connectivity index (χ1n) is 9.18. The summed E-state index contributed by atoms with van der Waals surface area (Å²) < 4.78 is 7.30. The van der Waals surface area contributed by atoms with Gasteiger partial charge in [0.25, 0.3) is 0 Å². The van der Waals surface area contributed by atoms with Gasteiger partial charge in [-0.3, -0.25) is 4.79 Å². The van der Waals surface area contributed by atoms with E-state index in [1.807, 2.05) is 78.2 Å². The van der Waals surface area contributed by atoms with Crippen molar-refractivity contribution in [2.75, 3.05) is 5.32 Å². The van der Waals surface area contributed by atoms with E-state index in [2.05, 4.69) is 15.5 Å². The zero-order valence-electron chi connectivity index (χ0n) is 15.9. The number of aromatic nitrogens is 3. The molecule has 0 aliphatic heterocycles. The van der Waals surface area contributed by atoms with Gasteiger partial charge in [0.15, 0.2) is 5.16 Å². The SMILES string of the molecule is Cc1ccc(NC(=O)C(Sc2nncn2Cc2ccco2)c2ccccc2)cc1. The first-order chi connectivity index (χ1) is 14.2. The van der Waals surface area contributed by atoms with Crippen molar-refractivity contribution in [1.82, 2.24) is 14.8 Å². The predicted molar refractivity (Wildman–Crippen MR) is 113 cm³/mol. The predicted octanol–water partition coefficient (Wildman–Crippen LogP) is 4.70. The number of amides is 1. The summed E-state index contributed by atoms with van der Waals surface area (Å²) in [6.07, 6.45) is 3.28. The summed E-state index contributed by atoms with van der Waals surface area (Å²) in [6, 6.07) is 21.2. The molecule has 6 nitrogen and oxygen atoms in total. The maximum atomic E-state index is 13.1. The quantitative estimate of drug-likeness (QED) is 0.452. The van der Waals surface area contributed by atoms with Crippen molar-refractivity contribution < 1.29 is 9.21 Å². The molecule has 0 saturated carbocycles. The lowest BCUT2D eigenvalue weighted by molar-refractivity contribution is -0.115. The second kappa shape index (κ2) is 8.79. The smallest absolute Gasteiger partial charge is 0.242 e. The van der Waals surface area contributed by atoms with Gasteiger partial charge in [0.1, 0.15) is 17.3 Å². The van der Waals surface area contributed by atoms with Crippen LogP contribution in [0.4, 0.5) is 5.69 Å². The minimum atomic E-state index is -0.475. The molecule has 1 amide bonds. The summed E-state index contributed by atoms with van der Waals surface area (Å²) in [4.78, 5) is 13.1. The third kappa shape index (κ3) is 4.75. The highest BCUT2D eigenvalue weighted by Crippen LogP contribution is 2.35. The van der Waals surface area contributed by atoms with Crippen LogP contribution in [0.3, 0.4) is 0 Å². The minimum Gasteiger partial charge on any atom is -0.467 e. The van der Waals surface area contributed by atoms with E-state index in [1.165, 1.54) is 11.8 Å². The molecule has 2 heterocycles. The van der Waals surface area contributed by atoms with Crippen LogP contribution in [-0.4, -0.2) is 20.7 Å². The molecule has 4 rings (SSSR count).